The van der Waals surface area contributed by atoms with Gasteiger partial charge in [0.1, 0.15) is 36.9 Å². The van der Waals surface area contributed by atoms with Crippen LogP contribution in [0.15, 0.2) is 0 Å². The Morgan fingerprint density at radius 2 is 0.862 bits per heavy atom. The van der Waals surface area contributed by atoms with Gasteiger partial charge in [0.25, 0.3) is 0 Å². The van der Waals surface area contributed by atoms with Gasteiger partial charge in [-0.1, -0.05) is 96.8 Å². The normalized spacial score (nSPS) is 12.9. The molecule has 0 saturated heterocycles. The van der Waals surface area contributed by atoms with Crippen molar-refractivity contribution in [3.63, 3.8) is 0 Å². The van der Waals surface area contributed by atoms with Crippen LogP contribution in [0.2, 0.25) is 0 Å². The molecule has 28 heteroatoms. The summed E-state index contributed by atoms with van der Waals surface area (Å²) in [4.78, 5) is 143. The van der Waals surface area contributed by atoms with Crippen LogP contribution in [0.25, 0.3) is 0 Å². The fraction of sp³-hybridized carbons (Fsp3) is 0.797. The van der Waals surface area contributed by atoms with Gasteiger partial charge in [0.2, 0.25) is 29.5 Å². The summed E-state index contributed by atoms with van der Waals surface area (Å²) in [7, 11) is 0. The lowest BCUT2D eigenvalue weighted by Gasteiger charge is -2.15. The number of carboxylic acid groups (broad SMARTS) is 5. The highest BCUT2D eigenvalue weighted by Crippen LogP contribution is 2.18. The maximum Gasteiger partial charge on any atom is 0.326 e. The third-order valence-corrected chi connectivity index (χ3v) is 15.0. The molecule has 0 aliphatic heterocycles. The summed E-state index contributed by atoms with van der Waals surface area (Å²) in [5, 5.41) is 68.4. The van der Waals surface area contributed by atoms with Gasteiger partial charge in [-0.25, -0.2) is 9.59 Å². The van der Waals surface area contributed by atoms with E-state index in [-0.39, 0.29) is 135 Å². The van der Waals surface area contributed by atoms with Crippen LogP contribution in [0.1, 0.15) is 180 Å². The highest BCUT2D eigenvalue weighted by molar-refractivity contribution is 7.99. The van der Waals surface area contributed by atoms with Crippen molar-refractivity contribution in [1.29, 1.82) is 0 Å². The Kier molecular flexibility index (Phi) is 50.7. The van der Waals surface area contributed by atoms with Crippen molar-refractivity contribution in [2.45, 2.75) is 192 Å². The fourth-order valence-electron chi connectivity index (χ4n) is 8.64. The minimum atomic E-state index is -1.30. The molecule has 500 valence electrons. The molecule has 0 rings (SSSR count). The molecule has 11 N–H and O–H groups in total. The van der Waals surface area contributed by atoms with Crippen LogP contribution in [0.5, 0.6) is 0 Å². The van der Waals surface area contributed by atoms with E-state index in [4.69, 9.17) is 34.3 Å². The monoisotopic (exact) mass is 1260 g/mol. The summed E-state index contributed by atoms with van der Waals surface area (Å²) >= 11 is 1.20. The number of thioether (sulfide) groups is 1. The van der Waals surface area contributed by atoms with Crippen LogP contribution >= 0.6 is 11.8 Å². The van der Waals surface area contributed by atoms with Crippen molar-refractivity contribution in [3.8, 4) is 0 Å². The number of ketones is 2. The molecule has 0 spiro atoms. The molecule has 0 aliphatic rings. The van der Waals surface area contributed by atoms with Gasteiger partial charge in [0.05, 0.1) is 63.8 Å². The first-order valence-corrected chi connectivity index (χ1v) is 31.9. The number of carbonyl (C=O) groups excluding carboxylic acids is 7. The quantitative estimate of drug-likeness (QED) is 0.0382. The van der Waals surface area contributed by atoms with Gasteiger partial charge in [-0.15, -0.1) is 0 Å². The Labute approximate surface area is 515 Å². The molecule has 0 heterocycles. The number of aliphatic hydroxyl groups excluding tert-OH is 1. The molecule has 0 aromatic rings. The second-order valence-corrected chi connectivity index (χ2v) is 22.5. The molecule has 1 unspecified atom stereocenters. The summed E-state index contributed by atoms with van der Waals surface area (Å²) < 4.78 is 21.3. The van der Waals surface area contributed by atoms with Crippen molar-refractivity contribution < 1.29 is 107 Å². The fourth-order valence-corrected chi connectivity index (χ4v) is 9.58. The van der Waals surface area contributed by atoms with Crippen molar-refractivity contribution in [1.82, 2.24) is 26.6 Å². The molecular formula is C59H101N5O22S. The number of carbonyl (C=O) groups is 12. The van der Waals surface area contributed by atoms with E-state index in [0.29, 0.717) is 25.0 Å². The molecule has 0 radical (unpaired) electrons. The predicted octanol–water partition coefficient (Wildman–Crippen LogP) is 4.06. The number of hydrogen-bond donors (Lipinski definition) is 11. The molecule has 87 heavy (non-hydrogen) atoms. The second kappa shape index (κ2) is 54.4. The zero-order chi connectivity index (χ0) is 64.9. The van der Waals surface area contributed by atoms with Crippen molar-refractivity contribution in [2.75, 3.05) is 90.6 Å². The highest BCUT2D eigenvalue weighted by atomic mass is 32.2. The number of carboxylic acids is 5. The van der Waals surface area contributed by atoms with Gasteiger partial charge in [-0.2, -0.15) is 11.8 Å². The topological polar surface area (TPSA) is 423 Å². The first-order valence-electron chi connectivity index (χ1n) is 30.7. The highest BCUT2D eigenvalue weighted by Gasteiger charge is 2.27. The van der Waals surface area contributed by atoms with E-state index in [1.165, 1.54) is 63.1 Å². The van der Waals surface area contributed by atoms with Crippen LogP contribution in [-0.2, 0) is 76.5 Å². The van der Waals surface area contributed by atoms with Gasteiger partial charge < -0.3 is 76.2 Å². The second-order valence-electron chi connectivity index (χ2n) is 21.5. The van der Waals surface area contributed by atoms with Crippen molar-refractivity contribution in [2.24, 2.45) is 17.8 Å². The third-order valence-electron chi connectivity index (χ3n) is 13.8. The summed E-state index contributed by atoms with van der Waals surface area (Å²) in [5.41, 5.74) is 0. The van der Waals surface area contributed by atoms with Gasteiger partial charge in [0, 0.05) is 69.8 Å². The average Bonchev–Trinajstić information content (AvgIpc) is 3.64. The number of Topliss-reactive ketones (excluding diaryl/α,β-unsaturated/α-hetero) is 2. The zero-order valence-corrected chi connectivity index (χ0v) is 51.8. The number of ether oxygens (including phenoxy) is 4. The molecule has 0 aliphatic carbocycles. The lowest BCUT2D eigenvalue weighted by molar-refractivity contribution is -0.145. The number of nitrogens with one attached hydrogen (secondary N) is 5. The lowest BCUT2D eigenvalue weighted by atomic mass is 9.94. The van der Waals surface area contributed by atoms with Crippen LogP contribution in [0.3, 0.4) is 0 Å². The van der Waals surface area contributed by atoms with Crippen LogP contribution < -0.4 is 26.6 Å². The molecule has 5 amide bonds. The number of aliphatic carboxylic acids is 5. The first-order chi connectivity index (χ1) is 41.7. The minimum Gasteiger partial charge on any atom is -0.481 e. The number of rotatable bonds is 62. The van der Waals surface area contributed by atoms with E-state index in [0.717, 1.165) is 44.9 Å². The third kappa shape index (κ3) is 49.8. The van der Waals surface area contributed by atoms with E-state index in [1.807, 2.05) is 0 Å². The summed E-state index contributed by atoms with van der Waals surface area (Å²) in [6.45, 7) is 1.31. The van der Waals surface area contributed by atoms with Gasteiger partial charge in [-0.05, 0) is 44.9 Å². The Balaban J connectivity index is 4.00. The predicted molar refractivity (Wildman–Crippen MR) is 320 cm³/mol. The molecule has 0 fully saturated rings. The Morgan fingerprint density at radius 1 is 0.402 bits per heavy atom. The lowest BCUT2D eigenvalue weighted by Crippen LogP contribution is -2.42. The van der Waals surface area contributed by atoms with Crippen LogP contribution in [-0.4, -0.2) is 204 Å². The van der Waals surface area contributed by atoms with Crippen LogP contribution in [0.4, 0.5) is 0 Å². The van der Waals surface area contributed by atoms with Gasteiger partial charge >= 0.3 is 29.8 Å². The van der Waals surface area contributed by atoms with E-state index < -0.39 is 109 Å². The average molecular weight is 1260 g/mol. The SMILES string of the molecule is CC(CSCC(=O)NCCCC[C@@H](NC(=O)COCCOCCNC(=O)COCCOCCNC(=O)CC[C@H](CC(=O)CC[C@@H](NC(=O)CCCCCCCCCCCCCCCCCCC(=O)O)C(=O)O)C(=O)O)C(=O)O)C(=O)C[C@@H](CO)C(=O)O. The van der Waals surface area contributed by atoms with Gasteiger partial charge in [-0.3, -0.25) is 47.9 Å². The Hall–Kier alpha value is -5.81. The van der Waals surface area contributed by atoms with E-state index >= 15 is 0 Å². The molecule has 5 atom stereocenters. The molecule has 0 aromatic carbocycles. The van der Waals surface area contributed by atoms with E-state index in [2.05, 4.69) is 26.6 Å². The maximum absolute atomic E-state index is 12.7. The number of amides is 5. The maximum atomic E-state index is 12.7. The number of hydrogen-bond acceptors (Lipinski definition) is 18. The van der Waals surface area contributed by atoms with Crippen LogP contribution in [0, 0.1) is 17.8 Å². The molecule has 27 nitrogen and oxygen atoms in total. The minimum absolute atomic E-state index is 0.0140. The molecule has 0 bridgehead atoms. The number of unbranched alkanes of at least 4 members (excludes halogenated alkanes) is 16. The Morgan fingerprint density at radius 3 is 1.37 bits per heavy atom. The van der Waals surface area contributed by atoms with Crippen molar-refractivity contribution >= 4 is 82.7 Å². The first kappa shape index (κ1) is 81.2. The van der Waals surface area contributed by atoms with E-state index in [1.54, 1.807) is 6.92 Å². The largest absolute Gasteiger partial charge is 0.481 e. The molecular weight excluding hydrogens is 1160 g/mol. The summed E-state index contributed by atoms with van der Waals surface area (Å²) in [6, 6.07) is -2.47. The van der Waals surface area contributed by atoms with Crippen molar-refractivity contribution in [3.05, 3.63) is 0 Å². The van der Waals surface area contributed by atoms with Gasteiger partial charge in [0.15, 0.2) is 0 Å². The summed E-state index contributed by atoms with van der Waals surface area (Å²) in [5.74, 6) is -11.3. The summed E-state index contributed by atoms with van der Waals surface area (Å²) in [6.07, 6.45) is 17.0. The van der Waals surface area contributed by atoms with E-state index in [9.17, 15) is 72.9 Å². The molecule has 0 saturated carbocycles. The Bertz CT molecular complexity index is 2020. The smallest absolute Gasteiger partial charge is 0.326 e. The number of aliphatic hydroxyl groups is 1. The molecule has 0 aromatic heterocycles. The zero-order valence-electron chi connectivity index (χ0n) is 51.0. The standard InChI is InChI=1S/C59H101N5O22S/c1-43(49(67)37-45(38-65)57(77)78)41-87-42-54(72)60-27-19-18-20-47(58(79)80)64-53(71)40-86-35-33-84-31-29-62-52(70)39-85-34-32-83-30-28-61-50(68)26-23-44(56(75)76)36-46(66)24-25-48(59(81)82)63-51(69)21-16-14-12-10-8-6-4-2-3-5-7-9-11-13-15-17-22-55(73)74/h43-45,47-48,65H,2-42H2,1H3,(H,60,72)(H,61,68)(H,62,70)(H,63,69)(H,64,71)(H,73,74)(H,75,76)(H,77,78)(H,79,80)(H,81,82)/t43?,44-,45+,47-,48-/m1/s1.